The van der Waals surface area contributed by atoms with Crippen LogP contribution in [0, 0.1) is 6.92 Å². The van der Waals surface area contributed by atoms with E-state index in [1.165, 1.54) is 0 Å². The summed E-state index contributed by atoms with van der Waals surface area (Å²) in [6.45, 7) is 3.05. The highest BCUT2D eigenvalue weighted by Crippen LogP contribution is 2.23. The lowest BCUT2D eigenvalue weighted by Crippen LogP contribution is -2.41. The van der Waals surface area contributed by atoms with Gasteiger partial charge in [0, 0.05) is 29.7 Å². The molecule has 5 heteroatoms. The second-order valence-electron chi connectivity index (χ2n) is 5.73. The number of amides is 1. The van der Waals surface area contributed by atoms with Crippen molar-refractivity contribution >= 4 is 17.5 Å². The van der Waals surface area contributed by atoms with E-state index in [0.717, 1.165) is 12.1 Å². The van der Waals surface area contributed by atoms with Crippen LogP contribution in [-0.2, 0) is 0 Å². The predicted molar refractivity (Wildman–Crippen MR) is 80.2 cm³/mol. The van der Waals surface area contributed by atoms with Crippen LogP contribution in [0.2, 0.25) is 5.02 Å². The average molecular weight is 297 g/mol. The quantitative estimate of drug-likeness (QED) is 0.925. The first-order valence-corrected chi connectivity index (χ1v) is 7.16. The van der Waals surface area contributed by atoms with Crippen LogP contribution in [0.3, 0.4) is 0 Å². The molecule has 2 unspecified atom stereocenters. The highest BCUT2D eigenvalue weighted by molar-refractivity contribution is 6.31. The van der Waals surface area contributed by atoms with E-state index in [2.05, 4.69) is 0 Å². The van der Waals surface area contributed by atoms with Crippen LogP contribution in [0.4, 0.5) is 0 Å². The predicted octanol–water partition coefficient (Wildman–Crippen LogP) is 1.79. The zero-order chi connectivity index (χ0) is 14.9. The van der Waals surface area contributed by atoms with Gasteiger partial charge in [0.05, 0.1) is 6.10 Å². The number of rotatable bonds is 3. The van der Waals surface area contributed by atoms with E-state index in [1.807, 2.05) is 32.0 Å². The molecule has 1 heterocycles. The van der Waals surface area contributed by atoms with Gasteiger partial charge in [0.25, 0.3) is 5.91 Å². The number of hydrogen-bond acceptors (Lipinski definition) is 3. The molecule has 1 aromatic rings. The third-order valence-corrected chi connectivity index (χ3v) is 4.06. The Labute approximate surface area is 124 Å². The second kappa shape index (κ2) is 6.12. The summed E-state index contributed by atoms with van der Waals surface area (Å²) in [5.41, 5.74) is 1.52. The van der Waals surface area contributed by atoms with E-state index < -0.39 is 6.10 Å². The molecule has 1 aliphatic heterocycles. The molecule has 20 heavy (non-hydrogen) atoms. The van der Waals surface area contributed by atoms with Crippen molar-refractivity contribution in [1.29, 1.82) is 0 Å². The third kappa shape index (κ3) is 3.32. The van der Waals surface area contributed by atoms with Gasteiger partial charge >= 0.3 is 0 Å². The fourth-order valence-corrected chi connectivity index (χ4v) is 2.80. The molecule has 0 saturated carbocycles. The summed E-state index contributed by atoms with van der Waals surface area (Å²) in [6, 6.07) is 5.36. The molecule has 0 bridgehead atoms. The average Bonchev–Trinajstić information content (AvgIpc) is 2.72. The lowest BCUT2D eigenvalue weighted by atomic mass is 10.1. The molecule has 1 saturated heterocycles. The zero-order valence-electron chi connectivity index (χ0n) is 12.1. The van der Waals surface area contributed by atoms with Gasteiger partial charge in [-0.3, -0.25) is 4.79 Å². The number of aliphatic hydroxyl groups excluding tert-OH is 1. The number of nitrogens with zero attached hydrogens (tertiary/aromatic N) is 2. The molecule has 1 fully saturated rings. The van der Waals surface area contributed by atoms with Crippen molar-refractivity contribution in [3.8, 4) is 0 Å². The summed E-state index contributed by atoms with van der Waals surface area (Å²) < 4.78 is 0. The minimum Gasteiger partial charge on any atom is -0.391 e. The fourth-order valence-electron chi connectivity index (χ4n) is 2.68. The van der Waals surface area contributed by atoms with Crippen LogP contribution in [0.5, 0.6) is 0 Å². The van der Waals surface area contributed by atoms with Gasteiger partial charge in [-0.1, -0.05) is 11.6 Å². The van der Waals surface area contributed by atoms with E-state index in [9.17, 15) is 9.90 Å². The highest BCUT2D eigenvalue weighted by atomic mass is 35.5. The molecule has 1 N–H and O–H groups in total. The molecule has 0 radical (unpaired) electrons. The molecular formula is C15H21ClN2O2. The summed E-state index contributed by atoms with van der Waals surface area (Å²) in [4.78, 5) is 16.4. The maximum Gasteiger partial charge on any atom is 0.254 e. The van der Waals surface area contributed by atoms with Gasteiger partial charge < -0.3 is 14.9 Å². The van der Waals surface area contributed by atoms with Gasteiger partial charge in [-0.15, -0.1) is 0 Å². The standard InChI is InChI=1S/C15H21ClN2O2/c1-10-6-11(4-5-14(10)16)15(20)18-9-13(19)7-12(18)8-17(2)3/h4-6,12-13,19H,7-9H2,1-3H3. The van der Waals surface area contributed by atoms with E-state index in [4.69, 9.17) is 11.6 Å². The number of halogens is 1. The fraction of sp³-hybridized carbons (Fsp3) is 0.533. The molecule has 4 nitrogen and oxygen atoms in total. The molecule has 0 aliphatic carbocycles. The number of carbonyl (C=O) groups excluding carboxylic acids is 1. The summed E-state index contributed by atoms with van der Waals surface area (Å²) in [5, 5.41) is 10.5. The van der Waals surface area contributed by atoms with Gasteiger partial charge in [0.1, 0.15) is 0 Å². The smallest absolute Gasteiger partial charge is 0.254 e. The number of β-amino-alcohol motifs (C(OH)–C–C–N with tert-alkyl or cyclic N) is 1. The van der Waals surface area contributed by atoms with Crippen molar-refractivity contribution in [2.24, 2.45) is 0 Å². The van der Waals surface area contributed by atoms with Crippen molar-refractivity contribution in [2.45, 2.75) is 25.5 Å². The Kier molecular flexibility index (Phi) is 4.68. The van der Waals surface area contributed by atoms with Gasteiger partial charge in [0.15, 0.2) is 0 Å². The number of carbonyl (C=O) groups is 1. The molecule has 2 atom stereocenters. The second-order valence-corrected chi connectivity index (χ2v) is 6.13. The van der Waals surface area contributed by atoms with Crippen LogP contribution in [-0.4, -0.2) is 60.1 Å². The number of aliphatic hydroxyl groups is 1. The number of hydrogen-bond donors (Lipinski definition) is 1. The minimum absolute atomic E-state index is 0.0341. The molecular weight excluding hydrogens is 276 g/mol. The van der Waals surface area contributed by atoms with Crippen LogP contribution in [0.15, 0.2) is 18.2 Å². The molecule has 2 rings (SSSR count). The van der Waals surface area contributed by atoms with Crippen LogP contribution >= 0.6 is 11.6 Å². The zero-order valence-corrected chi connectivity index (χ0v) is 12.9. The summed E-state index contributed by atoms with van der Waals surface area (Å²) >= 11 is 5.99. The third-order valence-electron chi connectivity index (χ3n) is 3.63. The van der Waals surface area contributed by atoms with Crippen molar-refractivity contribution in [3.63, 3.8) is 0 Å². The first-order valence-electron chi connectivity index (χ1n) is 6.78. The maximum absolute atomic E-state index is 12.6. The van der Waals surface area contributed by atoms with E-state index in [-0.39, 0.29) is 11.9 Å². The largest absolute Gasteiger partial charge is 0.391 e. The highest BCUT2D eigenvalue weighted by Gasteiger charge is 2.34. The monoisotopic (exact) mass is 296 g/mol. The molecule has 110 valence electrons. The Morgan fingerprint density at radius 2 is 2.20 bits per heavy atom. The topological polar surface area (TPSA) is 43.8 Å². The molecule has 1 aliphatic rings. The van der Waals surface area contributed by atoms with Crippen molar-refractivity contribution < 1.29 is 9.90 Å². The molecule has 1 aromatic carbocycles. The van der Waals surface area contributed by atoms with Gasteiger partial charge in [0.2, 0.25) is 0 Å². The lowest BCUT2D eigenvalue weighted by molar-refractivity contribution is 0.0699. The molecule has 0 spiro atoms. The minimum atomic E-state index is -0.433. The maximum atomic E-state index is 12.6. The Balaban J connectivity index is 2.19. The van der Waals surface area contributed by atoms with E-state index in [0.29, 0.717) is 23.6 Å². The van der Waals surface area contributed by atoms with E-state index >= 15 is 0 Å². The van der Waals surface area contributed by atoms with Gasteiger partial charge in [-0.05, 0) is 51.2 Å². The number of likely N-dealkylation sites (tertiary alicyclic amines) is 1. The van der Waals surface area contributed by atoms with Gasteiger partial charge in [-0.2, -0.15) is 0 Å². The summed E-state index contributed by atoms with van der Waals surface area (Å²) in [5.74, 6) is -0.0341. The summed E-state index contributed by atoms with van der Waals surface area (Å²) in [6.07, 6.45) is 0.202. The van der Waals surface area contributed by atoms with Crippen molar-refractivity contribution in [2.75, 3.05) is 27.2 Å². The van der Waals surface area contributed by atoms with Crippen LogP contribution in [0.1, 0.15) is 22.3 Å². The molecule has 0 aromatic heterocycles. The number of likely N-dealkylation sites (N-methyl/N-ethyl adjacent to an activating group) is 1. The Hall–Kier alpha value is -1.10. The SMILES string of the molecule is Cc1cc(C(=O)N2CC(O)CC2CN(C)C)ccc1Cl. The van der Waals surface area contributed by atoms with Gasteiger partial charge in [-0.25, -0.2) is 0 Å². The van der Waals surface area contributed by atoms with Crippen molar-refractivity contribution in [1.82, 2.24) is 9.80 Å². The Morgan fingerprint density at radius 1 is 1.50 bits per heavy atom. The van der Waals surface area contributed by atoms with E-state index in [1.54, 1.807) is 17.0 Å². The Morgan fingerprint density at radius 3 is 2.80 bits per heavy atom. The summed E-state index contributed by atoms with van der Waals surface area (Å²) in [7, 11) is 3.94. The normalized spacial score (nSPS) is 22.6. The number of aryl methyl sites for hydroxylation is 1. The van der Waals surface area contributed by atoms with Crippen LogP contribution in [0.25, 0.3) is 0 Å². The van der Waals surface area contributed by atoms with Crippen LogP contribution < -0.4 is 0 Å². The van der Waals surface area contributed by atoms with Crippen molar-refractivity contribution in [3.05, 3.63) is 34.3 Å². The Bertz CT molecular complexity index is 505. The lowest BCUT2D eigenvalue weighted by Gasteiger charge is -2.27. The number of benzene rings is 1. The first-order chi connectivity index (χ1) is 9.38. The molecule has 1 amide bonds. The first kappa shape index (κ1) is 15.3.